The van der Waals surface area contributed by atoms with Crippen LogP contribution in [-0.4, -0.2) is 22.7 Å². The Bertz CT molecular complexity index is 665. The van der Waals surface area contributed by atoms with Gasteiger partial charge in [-0.05, 0) is 25.1 Å². The van der Waals surface area contributed by atoms with Crippen LogP contribution in [0.2, 0.25) is 4.34 Å². The molecule has 2 heterocycles. The van der Waals surface area contributed by atoms with E-state index in [0.717, 1.165) is 14.1 Å². The molecule has 2 aromatic rings. The first-order valence-corrected chi connectivity index (χ1v) is 9.08. The van der Waals surface area contributed by atoms with Crippen LogP contribution in [0.15, 0.2) is 18.2 Å². The molecule has 0 aliphatic carbocycles. The summed E-state index contributed by atoms with van der Waals surface area (Å²) < 4.78 is 0.732. The molecule has 0 saturated heterocycles. The number of carboxylic acid groups (broad SMARTS) is 1. The van der Waals surface area contributed by atoms with E-state index >= 15 is 0 Å². The monoisotopic (exact) mass is 361 g/mol. The van der Waals surface area contributed by atoms with Crippen LogP contribution in [0.5, 0.6) is 0 Å². The van der Waals surface area contributed by atoms with Crippen molar-refractivity contribution in [2.45, 2.75) is 12.7 Å². The van der Waals surface area contributed by atoms with Gasteiger partial charge in [-0.3, -0.25) is 4.79 Å². The highest BCUT2D eigenvalue weighted by Gasteiger charge is 2.15. The molecule has 0 radical (unpaired) electrons. The highest BCUT2D eigenvalue weighted by atomic mass is 35.5. The number of aryl methyl sites for hydroxylation is 1. The van der Waals surface area contributed by atoms with Crippen LogP contribution in [0, 0.1) is 6.92 Å². The maximum absolute atomic E-state index is 11.9. The fraction of sp³-hybridized carbons (Fsp3) is 0.231. The molecule has 21 heavy (non-hydrogen) atoms. The molecule has 8 heteroatoms. The molecule has 2 N–H and O–H groups in total. The number of anilines is 1. The lowest BCUT2D eigenvalue weighted by Gasteiger charge is -2.03. The summed E-state index contributed by atoms with van der Waals surface area (Å²) in [5.41, 5.74) is 0.140. The predicted molar refractivity (Wildman–Crippen MR) is 90.1 cm³/mol. The molecule has 0 bridgehead atoms. The summed E-state index contributed by atoms with van der Waals surface area (Å²) in [5.74, 6) is -0.256. The Morgan fingerprint density at radius 2 is 2.14 bits per heavy atom. The quantitative estimate of drug-likeness (QED) is 0.803. The number of thiophene rings is 2. The number of aromatic carboxylic acids is 1. The second kappa shape index (κ2) is 7.31. The topological polar surface area (TPSA) is 66.4 Å². The average molecular weight is 362 g/mol. The Morgan fingerprint density at radius 1 is 1.38 bits per heavy atom. The molecule has 0 spiro atoms. The maximum atomic E-state index is 11.9. The van der Waals surface area contributed by atoms with Crippen LogP contribution >= 0.6 is 46.0 Å². The maximum Gasteiger partial charge on any atom is 0.338 e. The van der Waals surface area contributed by atoms with Crippen LogP contribution in [-0.2, 0) is 10.5 Å². The number of hydrogen-bond acceptors (Lipinski definition) is 5. The molecule has 0 fully saturated rings. The molecule has 0 aliphatic rings. The highest BCUT2D eigenvalue weighted by molar-refractivity contribution is 7.99. The van der Waals surface area contributed by atoms with Gasteiger partial charge in [-0.2, -0.15) is 0 Å². The van der Waals surface area contributed by atoms with Crippen LogP contribution < -0.4 is 5.32 Å². The number of halogens is 1. The van der Waals surface area contributed by atoms with Crippen molar-refractivity contribution in [3.05, 3.63) is 37.9 Å². The summed E-state index contributed by atoms with van der Waals surface area (Å²) in [6, 6.07) is 5.32. The SMILES string of the molecule is Cc1cc(C(=O)O)c(NC(=O)CSCc2ccc(Cl)s2)s1. The molecule has 1 amide bonds. The lowest BCUT2D eigenvalue weighted by molar-refractivity contribution is -0.113. The molecule has 112 valence electrons. The first kappa shape index (κ1) is 16.4. The van der Waals surface area contributed by atoms with Gasteiger partial charge in [-0.25, -0.2) is 4.79 Å². The normalized spacial score (nSPS) is 10.6. The molecule has 0 aromatic carbocycles. The third-order valence-corrected chi connectivity index (χ3v) is 5.81. The second-order valence-corrected chi connectivity index (χ2v) is 8.19. The van der Waals surface area contributed by atoms with E-state index in [-0.39, 0.29) is 17.2 Å². The van der Waals surface area contributed by atoms with E-state index < -0.39 is 5.97 Å². The second-order valence-electron chi connectivity index (χ2n) is 4.15. The van der Waals surface area contributed by atoms with Gasteiger partial charge < -0.3 is 10.4 Å². The van der Waals surface area contributed by atoms with Gasteiger partial charge in [-0.15, -0.1) is 34.4 Å². The fourth-order valence-electron chi connectivity index (χ4n) is 1.60. The van der Waals surface area contributed by atoms with Gasteiger partial charge in [-0.1, -0.05) is 11.6 Å². The number of carboxylic acids is 1. The van der Waals surface area contributed by atoms with E-state index in [0.29, 0.717) is 10.8 Å². The number of amides is 1. The van der Waals surface area contributed by atoms with Crippen LogP contribution in [0.3, 0.4) is 0 Å². The highest BCUT2D eigenvalue weighted by Crippen LogP contribution is 2.28. The van der Waals surface area contributed by atoms with Crippen molar-refractivity contribution in [3.8, 4) is 0 Å². The van der Waals surface area contributed by atoms with Crippen molar-refractivity contribution in [2.75, 3.05) is 11.1 Å². The number of rotatable bonds is 6. The van der Waals surface area contributed by atoms with Gasteiger partial charge in [0.15, 0.2) is 0 Å². The molecular weight excluding hydrogens is 350 g/mol. The Morgan fingerprint density at radius 3 is 2.76 bits per heavy atom. The van der Waals surface area contributed by atoms with E-state index in [1.165, 1.54) is 34.4 Å². The van der Waals surface area contributed by atoms with Crippen LogP contribution in [0.25, 0.3) is 0 Å². The number of hydrogen-bond donors (Lipinski definition) is 2. The van der Waals surface area contributed by atoms with E-state index in [2.05, 4.69) is 5.32 Å². The van der Waals surface area contributed by atoms with Crippen molar-refractivity contribution in [1.82, 2.24) is 0 Å². The van der Waals surface area contributed by atoms with Gasteiger partial charge in [0, 0.05) is 15.5 Å². The Balaban J connectivity index is 1.86. The lowest BCUT2D eigenvalue weighted by atomic mass is 10.3. The minimum absolute atomic E-state index is 0.140. The summed E-state index contributed by atoms with van der Waals surface area (Å²) in [4.78, 5) is 24.9. The van der Waals surface area contributed by atoms with Crippen molar-refractivity contribution in [3.63, 3.8) is 0 Å². The largest absolute Gasteiger partial charge is 0.478 e. The fourth-order valence-corrected chi connectivity index (χ4v) is 4.55. The number of carbonyl (C=O) groups is 2. The summed E-state index contributed by atoms with van der Waals surface area (Å²) in [6.45, 7) is 1.81. The Labute approximate surface area is 139 Å². The summed E-state index contributed by atoms with van der Waals surface area (Å²) in [6.07, 6.45) is 0. The molecule has 0 saturated carbocycles. The zero-order valence-corrected chi connectivity index (χ0v) is 14.2. The van der Waals surface area contributed by atoms with Crippen LogP contribution in [0.4, 0.5) is 5.00 Å². The zero-order chi connectivity index (χ0) is 15.4. The molecule has 0 aliphatic heterocycles. The van der Waals surface area contributed by atoms with Gasteiger partial charge >= 0.3 is 5.97 Å². The summed E-state index contributed by atoms with van der Waals surface area (Å²) >= 11 is 10.1. The molecule has 0 atom stereocenters. The summed E-state index contributed by atoms with van der Waals surface area (Å²) in [7, 11) is 0. The van der Waals surface area contributed by atoms with Crippen LogP contribution in [0.1, 0.15) is 20.1 Å². The Hall–Kier alpha value is -1.02. The number of carbonyl (C=O) groups excluding carboxylic acids is 1. The summed E-state index contributed by atoms with van der Waals surface area (Å²) in [5, 5.41) is 12.1. The third kappa shape index (κ3) is 4.74. The minimum Gasteiger partial charge on any atom is -0.478 e. The van der Waals surface area contributed by atoms with Gasteiger partial charge in [0.05, 0.1) is 15.7 Å². The van der Waals surface area contributed by atoms with E-state index in [4.69, 9.17) is 16.7 Å². The predicted octanol–water partition coefficient (Wildman–Crippen LogP) is 4.34. The Kier molecular flexibility index (Phi) is 5.69. The van der Waals surface area contributed by atoms with E-state index in [9.17, 15) is 9.59 Å². The van der Waals surface area contributed by atoms with Crippen molar-refractivity contribution < 1.29 is 14.7 Å². The first-order valence-electron chi connectivity index (χ1n) is 5.91. The van der Waals surface area contributed by atoms with Gasteiger partial charge in [0.25, 0.3) is 0 Å². The van der Waals surface area contributed by atoms with E-state index in [1.807, 2.05) is 19.1 Å². The van der Waals surface area contributed by atoms with Crippen molar-refractivity contribution in [1.29, 1.82) is 0 Å². The van der Waals surface area contributed by atoms with Crippen molar-refractivity contribution in [2.24, 2.45) is 0 Å². The number of thioether (sulfide) groups is 1. The molecule has 2 aromatic heterocycles. The lowest BCUT2D eigenvalue weighted by Crippen LogP contribution is -2.15. The molecule has 0 unspecified atom stereocenters. The average Bonchev–Trinajstić information content (AvgIpc) is 2.96. The van der Waals surface area contributed by atoms with Crippen molar-refractivity contribution >= 4 is 62.9 Å². The van der Waals surface area contributed by atoms with Gasteiger partial charge in [0.1, 0.15) is 5.00 Å². The van der Waals surface area contributed by atoms with E-state index in [1.54, 1.807) is 6.07 Å². The standard InChI is InChI=1S/C13H12ClNO3S3/c1-7-4-9(13(17)18)12(20-7)15-11(16)6-19-5-8-2-3-10(14)21-8/h2-4H,5-6H2,1H3,(H,15,16)(H,17,18). The first-order chi connectivity index (χ1) is 9.95. The minimum atomic E-state index is -1.03. The van der Waals surface area contributed by atoms with Gasteiger partial charge in [0.2, 0.25) is 5.91 Å². The third-order valence-electron chi connectivity index (χ3n) is 2.44. The smallest absolute Gasteiger partial charge is 0.338 e. The zero-order valence-electron chi connectivity index (χ0n) is 11.0. The number of nitrogens with one attached hydrogen (secondary N) is 1. The molecule has 4 nitrogen and oxygen atoms in total. The molecule has 2 rings (SSSR count). The molecular formula is C13H12ClNO3S3.